The van der Waals surface area contributed by atoms with Crippen molar-refractivity contribution in [1.29, 1.82) is 0 Å². The smallest absolute Gasteiger partial charge is 0.0530 e. The van der Waals surface area contributed by atoms with E-state index in [0.717, 1.165) is 21.5 Å². The van der Waals surface area contributed by atoms with Gasteiger partial charge >= 0.3 is 0 Å². The molecule has 0 saturated heterocycles. The highest BCUT2D eigenvalue weighted by molar-refractivity contribution is 9.10. The molecule has 17 heavy (non-hydrogen) atoms. The predicted molar refractivity (Wildman–Crippen MR) is 77.8 cm³/mol. The number of halogens is 1. The van der Waals surface area contributed by atoms with Gasteiger partial charge in [-0.2, -0.15) is 0 Å². The molecule has 0 spiro atoms. The van der Waals surface area contributed by atoms with Crippen molar-refractivity contribution < 1.29 is 0 Å². The Balaban J connectivity index is 2.38. The van der Waals surface area contributed by atoms with Crippen LogP contribution in [0.3, 0.4) is 0 Å². The molecule has 0 radical (unpaired) electrons. The molecular formula is C14H15BrN2. The predicted octanol–water partition coefficient (Wildman–Crippen LogP) is 4.39. The maximum absolute atomic E-state index is 5.72. The summed E-state index contributed by atoms with van der Waals surface area (Å²) in [5.41, 5.74) is 11.1. The quantitative estimate of drug-likeness (QED) is 0.805. The topological polar surface area (TPSA) is 38.0 Å². The average Bonchev–Trinajstić information content (AvgIpc) is 2.26. The minimum absolute atomic E-state index is 0.754. The van der Waals surface area contributed by atoms with Gasteiger partial charge in [-0.15, -0.1) is 0 Å². The molecule has 0 bridgehead atoms. The summed E-state index contributed by atoms with van der Waals surface area (Å²) in [7, 11) is 0. The Morgan fingerprint density at radius 1 is 1.06 bits per heavy atom. The number of rotatable bonds is 2. The van der Waals surface area contributed by atoms with E-state index in [1.54, 1.807) is 0 Å². The zero-order valence-corrected chi connectivity index (χ0v) is 11.5. The van der Waals surface area contributed by atoms with Gasteiger partial charge in [0, 0.05) is 15.8 Å². The first-order chi connectivity index (χ1) is 8.08. The molecule has 2 rings (SSSR count). The molecular weight excluding hydrogens is 276 g/mol. The maximum Gasteiger partial charge on any atom is 0.0530 e. The van der Waals surface area contributed by atoms with Crippen LogP contribution in [0.2, 0.25) is 0 Å². The van der Waals surface area contributed by atoms with Crippen LogP contribution in [-0.2, 0) is 0 Å². The van der Waals surface area contributed by atoms with E-state index in [1.165, 1.54) is 11.1 Å². The fraction of sp³-hybridized carbons (Fsp3) is 0.143. The molecule has 0 saturated carbocycles. The third-order valence-corrected chi connectivity index (χ3v) is 3.39. The molecule has 3 N–H and O–H groups in total. The van der Waals surface area contributed by atoms with Crippen molar-refractivity contribution in [2.75, 3.05) is 11.1 Å². The summed E-state index contributed by atoms with van der Waals surface area (Å²) in [4.78, 5) is 0. The van der Waals surface area contributed by atoms with Gasteiger partial charge in [0.05, 0.1) is 5.69 Å². The first kappa shape index (κ1) is 12.0. The van der Waals surface area contributed by atoms with Gasteiger partial charge in [0.25, 0.3) is 0 Å². The van der Waals surface area contributed by atoms with Crippen LogP contribution in [0.4, 0.5) is 17.1 Å². The summed E-state index contributed by atoms with van der Waals surface area (Å²) in [5, 5.41) is 3.43. The Hall–Kier alpha value is -1.48. The van der Waals surface area contributed by atoms with E-state index in [9.17, 15) is 0 Å². The van der Waals surface area contributed by atoms with Gasteiger partial charge < -0.3 is 11.1 Å². The number of nitrogens with one attached hydrogen (secondary N) is 1. The van der Waals surface area contributed by atoms with Crippen molar-refractivity contribution in [3.8, 4) is 0 Å². The standard InChI is InChI=1S/C14H15BrN2/c1-9-4-3-5-10(2)14(9)17-13-7-6-11(16)8-12(13)15/h3-8,17H,16H2,1-2H3. The SMILES string of the molecule is Cc1cccc(C)c1Nc1ccc(N)cc1Br. The van der Waals surface area contributed by atoms with Crippen molar-refractivity contribution in [2.45, 2.75) is 13.8 Å². The van der Waals surface area contributed by atoms with Gasteiger partial charge in [-0.1, -0.05) is 18.2 Å². The third-order valence-electron chi connectivity index (χ3n) is 2.73. The van der Waals surface area contributed by atoms with E-state index >= 15 is 0 Å². The molecule has 0 aliphatic rings. The summed E-state index contributed by atoms with van der Waals surface area (Å²) in [5.74, 6) is 0. The second kappa shape index (κ2) is 4.80. The third kappa shape index (κ3) is 2.61. The van der Waals surface area contributed by atoms with Crippen molar-refractivity contribution in [3.63, 3.8) is 0 Å². The molecule has 3 heteroatoms. The van der Waals surface area contributed by atoms with Gasteiger partial charge in [-0.25, -0.2) is 0 Å². The normalized spacial score (nSPS) is 10.3. The number of hydrogen-bond donors (Lipinski definition) is 2. The summed E-state index contributed by atoms with van der Waals surface area (Å²) < 4.78 is 0.972. The summed E-state index contributed by atoms with van der Waals surface area (Å²) in [6, 6.07) is 12.0. The Kier molecular flexibility index (Phi) is 3.38. The van der Waals surface area contributed by atoms with Gasteiger partial charge in [0.2, 0.25) is 0 Å². The van der Waals surface area contributed by atoms with E-state index in [4.69, 9.17) is 5.73 Å². The fourth-order valence-electron chi connectivity index (χ4n) is 1.78. The van der Waals surface area contributed by atoms with Gasteiger partial charge in [-0.3, -0.25) is 0 Å². The largest absolute Gasteiger partial charge is 0.399 e. The van der Waals surface area contributed by atoms with Crippen LogP contribution in [0.25, 0.3) is 0 Å². The van der Waals surface area contributed by atoms with Crippen molar-refractivity contribution in [1.82, 2.24) is 0 Å². The Morgan fingerprint density at radius 3 is 2.29 bits per heavy atom. The molecule has 0 aliphatic carbocycles. The van der Waals surface area contributed by atoms with Crippen LogP contribution >= 0.6 is 15.9 Å². The molecule has 2 nitrogen and oxygen atoms in total. The number of benzene rings is 2. The second-order valence-electron chi connectivity index (χ2n) is 4.13. The highest BCUT2D eigenvalue weighted by Gasteiger charge is 2.05. The number of anilines is 3. The van der Waals surface area contributed by atoms with Crippen LogP contribution in [0.1, 0.15) is 11.1 Å². The van der Waals surface area contributed by atoms with Crippen LogP contribution in [0.15, 0.2) is 40.9 Å². The van der Waals surface area contributed by atoms with Crippen LogP contribution < -0.4 is 11.1 Å². The molecule has 88 valence electrons. The number of hydrogen-bond acceptors (Lipinski definition) is 2. The van der Waals surface area contributed by atoms with Gasteiger partial charge in [0.1, 0.15) is 0 Å². The van der Waals surface area contributed by atoms with Crippen molar-refractivity contribution in [3.05, 3.63) is 52.0 Å². The molecule has 0 unspecified atom stereocenters. The molecule has 0 fully saturated rings. The maximum atomic E-state index is 5.72. The van der Waals surface area contributed by atoms with E-state index < -0.39 is 0 Å². The second-order valence-corrected chi connectivity index (χ2v) is 4.99. The minimum atomic E-state index is 0.754. The minimum Gasteiger partial charge on any atom is -0.399 e. The molecule has 0 amide bonds. The first-order valence-electron chi connectivity index (χ1n) is 5.46. The Labute approximate surface area is 110 Å². The van der Waals surface area contributed by atoms with E-state index in [-0.39, 0.29) is 0 Å². The molecule has 2 aromatic rings. The zero-order chi connectivity index (χ0) is 12.4. The highest BCUT2D eigenvalue weighted by Crippen LogP contribution is 2.30. The number of nitrogens with two attached hydrogens (primary N) is 1. The Bertz CT molecular complexity index is 530. The lowest BCUT2D eigenvalue weighted by molar-refractivity contribution is 1.36. The van der Waals surface area contributed by atoms with E-state index in [0.29, 0.717) is 0 Å². The van der Waals surface area contributed by atoms with E-state index in [2.05, 4.69) is 53.3 Å². The number of aryl methyl sites for hydroxylation is 2. The Morgan fingerprint density at radius 2 is 1.71 bits per heavy atom. The van der Waals surface area contributed by atoms with Crippen LogP contribution in [0, 0.1) is 13.8 Å². The van der Waals surface area contributed by atoms with E-state index in [1.807, 2.05) is 18.2 Å². The lowest BCUT2D eigenvalue weighted by Gasteiger charge is -2.14. The van der Waals surface area contributed by atoms with Crippen molar-refractivity contribution in [2.24, 2.45) is 0 Å². The van der Waals surface area contributed by atoms with Gasteiger partial charge in [-0.05, 0) is 59.1 Å². The summed E-state index contributed by atoms with van der Waals surface area (Å²) in [6.45, 7) is 4.20. The van der Waals surface area contributed by atoms with Crippen LogP contribution in [-0.4, -0.2) is 0 Å². The number of para-hydroxylation sites is 1. The summed E-state index contributed by atoms with van der Waals surface area (Å²) in [6.07, 6.45) is 0. The average molecular weight is 291 g/mol. The molecule has 0 aromatic heterocycles. The van der Waals surface area contributed by atoms with Crippen molar-refractivity contribution >= 4 is 33.0 Å². The molecule has 2 aromatic carbocycles. The van der Waals surface area contributed by atoms with Gasteiger partial charge in [0.15, 0.2) is 0 Å². The zero-order valence-electron chi connectivity index (χ0n) is 9.92. The lowest BCUT2D eigenvalue weighted by atomic mass is 10.1. The summed E-state index contributed by atoms with van der Waals surface area (Å²) >= 11 is 3.51. The first-order valence-corrected chi connectivity index (χ1v) is 6.25. The highest BCUT2D eigenvalue weighted by atomic mass is 79.9. The molecule has 0 aliphatic heterocycles. The molecule has 0 atom stereocenters. The molecule has 0 heterocycles. The lowest BCUT2D eigenvalue weighted by Crippen LogP contribution is -1.97. The fourth-order valence-corrected chi connectivity index (χ4v) is 2.27. The monoisotopic (exact) mass is 290 g/mol. The van der Waals surface area contributed by atoms with Crippen LogP contribution in [0.5, 0.6) is 0 Å². The number of nitrogen functional groups attached to an aromatic ring is 1.